The third kappa shape index (κ3) is 2.56. The van der Waals surface area contributed by atoms with Crippen LogP contribution in [-0.4, -0.2) is 0 Å². The van der Waals surface area contributed by atoms with Crippen molar-refractivity contribution in [1.29, 1.82) is 0 Å². The summed E-state index contributed by atoms with van der Waals surface area (Å²) in [4.78, 5) is 0. The van der Waals surface area contributed by atoms with Gasteiger partial charge in [0.1, 0.15) is 5.82 Å². The highest BCUT2D eigenvalue weighted by Gasteiger charge is 2.10. The molecule has 0 heterocycles. The van der Waals surface area contributed by atoms with Gasteiger partial charge in [0.2, 0.25) is 0 Å². The molecule has 0 aliphatic heterocycles. The molecule has 0 bridgehead atoms. The van der Waals surface area contributed by atoms with Crippen LogP contribution >= 0.6 is 18.5 Å². The first-order valence-corrected chi connectivity index (χ1v) is 6.78. The fourth-order valence-corrected chi connectivity index (χ4v) is 3.15. The summed E-state index contributed by atoms with van der Waals surface area (Å²) in [5.41, 5.74) is 0. The maximum absolute atomic E-state index is 13.0. The second-order valence-electron chi connectivity index (χ2n) is 3.10. The average Bonchev–Trinajstić information content (AvgIpc) is 2.29. The molecule has 2 aromatic rings. The summed E-state index contributed by atoms with van der Waals surface area (Å²) >= 11 is 6.30. The Kier molecular flexibility index (Phi) is 3.35. The normalized spacial score (nSPS) is 12.4. The summed E-state index contributed by atoms with van der Waals surface area (Å²) in [6.45, 7) is 0. The molecule has 0 aromatic heterocycles. The van der Waals surface area contributed by atoms with Crippen molar-refractivity contribution in [2.45, 2.75) is 0 Å². The molecule has 1 atom stereocenters. The van der Waals surface area contributed by atoms with Gasteiger partial charge in [-0.2, -0.15) is 0 Å². The van der Waals surface area contributed by atoms with Crippen LogP contribution in [0.1, 0.15) is 0 Å². The van der Waals surface area contributed by atoms with Crippen LogP contribution in [0.15, 0.2) is 54.6 Å². The van der Waals surface area contributed by atoms with Gasteiger partial charge in [-0.25, -0.2) is 4.39 Å². The van der Waals surface area contributed by atoms with E-state index in [1.165, 1.54) is 12.1 Å². The molecule has 76 valence electrons. The number of benzene rings is 2. The zero-order chi connectivity index (χ0) is 10.7. The summed E-state index contributed by atoms with van der Waals surface area (Å²) in [5, 5.41) is 1.89. The maximum Gasteiger partial charge on any atom is 0.123 e. The van der Waals surface area contributed by atoms with Crippen LogP contribution in [0.5, 0.6) is 0 Å². The Balaban J connectivity index is 2.32. The SMILES string of the molecule is Fc1cccc(P(Cl)c2ccccc2)c1. The number of hydrogen-bond donors (Lipinski definition) is 0. The molecular formula is C12H9ClFP. The third-order valence-corrected chi connectivity index (χ3v) is 4.67. The van der Waals surface area contributed by atoms with Gasteiger partial charge < -0.3 is 0 Å². The first-order valence-electron chi connectivity index (χ1n) is 4.54. The Morgan fingerprint density at radius 3 is 2.20 bits per heavy atom. The maximum atomic E-state index is 13.0. The molecule has 0 spiro atoms. The Bertz CT molecular complexity index is 444. The second kappa shape index (κ2) is 4.74. The summed E-state index contributed by atoms with van der Waals surface area (Å²) < 4.78 is 13.0. The van der Waals surface area contributed by atoms with Crippen molar-refractivity contribution in [1.82, 2.24) is 0 Å². The van der Waals surface area contributed by atoms with Crippen molar-refractivity contribution < 1.29 is 4.39 Å². The van der Waals surface area contributed by atoms with Gasteiger partial charge in [0.05, 0.1) is 7.27 Å². The summed E-state index contributed by atoms with van der Waals surface area (Å²) in [6.07, 6.45) is 0. The molecule has 0 N–H and O–H groups in total. The first-order chi connectivity index (χ1) is 7.27. The molecule has 2 aromatic carbocycles. The molecule has 1 unspecified atom stereocenters. The largest absolute Gasteiger partial charge is 0.207 e. The first kappa shape index (κ1) is 10.6. The van der Waals surface area contributed by atoms with Gasteiger partial charge in [0.25, 0.3) is 0 Å². The van der Waals surface area contributed by atoms with E-state index in [-0.39, 0.29) is 5.82 Å². The highest BCUT2D eigenvalue weighted by Crippen LogP contribution is 2.38. The van der Waals surface area contributed by atoms with E-state index in [9.17, 15) is 4.39 Å². The standard InChI is InChI=1S/C12H9ClFP/c13-15(11-6-2-1-3-7-11)12-8-4-5-10(14)9-12/h1-9H. The molecule has 3 heteroatoms. The predicted octanol–water partition coefficient (Wildman–Crippen LogP) is 3.41. The summed E-state index contributed by atoms with van der Waals surface area (Å²) in [7, 11) is -0.955. The number of halogens is 2. The van der Waals surface area contributed by atoms with Crippen LogP contribution in [0.25, 0.3) is 0 Å². The molecule has 0 fully saturated rings. The third-order valence-electron chi connectivity index (χ3n) is 2.02. The van der Waals surface area contributed by atoms with Gasteiger partial charge in [0, 0.05) is 0 Å². The van der Waals surface area contributed by atoms with E-state index in [1.54, 1.807) is 6.07 Å². The smallest absolute Gasteiger partial charge is 0.123 e. The molecule has 0 nitrogen and oxygen atoms in total. The lowest BCUT2D eigenvalue weighted by molar-refractivity contribution is 0.629. The van der Waals surface area contributed by atoms with E-state index in [0.717, 1.165) is 10.6 Å². The van der Waals surface area contributed by atoms with E-state index in [1.807, 2.05) is 36.4 Å². The number of hydrogen-bond acceptors (Lipinski definition) is 0. The van der Waals surface area contributed by atoms with E-state index in [4.69, 9.17) is 11.2 Å². The van der Waals surface area contributed by atoms with Crippen molar-refractivity contribution >= 4 is 29.1 Å². The van der Waals surface area contributed by atoms with Gasteiger partial charge in [-0.3, -0.25) is 0 Å². The van der Waals surface area contributed by atoms with Gasteiger partial charge in [-0.1, -0.05) is 53.7 Å². The zero-order valence-corrected chi connectivity index (χ0v) is 9.55. The molecular weight excluding hydrogens is 230 g/mol. The van der Waals surface area contributed by atoms with Crippen LogP contribution in [0, 0.1) is 5.82 Å². The van der Waals surface area contributed by atoms with Crippen LogP contribution in [0.4, 0.5) is 4.39 Å². The van der Waals surface area contributed by atoms with Crippen molar-refractivity contribution in [2.24, 2.45) is 0 Å². The summed E-state index contributed by atoms with van der Waals surface area (Å²) in [6, 6.07) is 16.2. The highest BCUT2D eigenvalue weighted by molar-refractivity contribution is 7.95. The topological polar surface area (TPSA) is 0 Å². The molecule has 0 aliphatic carbocycles. The van der Waals surface area contributed by atoms with E-state index in [0.29, 0.717) is 0 Å². The molecule has 2 rings (SSSR count). The fraction of sp³-hybridized carbons (Fsp3) is 0. The van der Waals surface area contributed by atoms with Gasteiger partial charge in [0.15, 0.2) is 0 Å². The lowest BCUT2D eigenvalue weighted by Crippen LogP contribution is -2.07. The van der Waals surface area contributed by atoms with Crippen molar-refractivity contribution in [2.75, 3.05) is 0 Å². The molecule has 0 aliphatic rings. The van der Waals surface area contributed by atoms with Crippen LogP contribution in [-0.2, 0) is 0 Å². The second-order valence-corrected chi connectivity index (χ2v) is 5.70. The fourth-order valence-electron chi connectivity index (χ4n) is 1.31. The van der Waals surface area contributed by atoms with Gasteiger partial charge in [-0.15, -0.1) is 0 Å². The Morgan fingerprint density at radius 1 is 0.867 bits per heavy atom. The number of rotatable bonds is 2. The van der Waals surface area contributed by atoms with E-state index < -0.39 is 7.27 Å². The highest BCUT2D eigenvalue weighted by atomic mass is 35.7. The minimum atomic E-state index is -0.955. The molecule has 15 heavy (non-hydrogen) atoms. The molecule has 0 saturated carbocycles. The Labute approximate surface area is 94.2 Å². The Hall–Kier alpha value is -0.910. The zero-order valence-electron chi connectivity index (χ0n) is 7.90. The Morgan fingerprint density at radius 2 is 1.53 bits per heavy atom. The molecule has 0 radical (unpaired) electrons. The van der Waals surface area contributed by atoms with Gasteiger partial charge >= 0.3 is 0 Å². The van der Waals surface area contributed by atoms with Crippen LogP contribution < -0.4 is 10.6 Å². The monoisotopic (exact) mass is 238 g/mol. The summed E-state index contributed by atoms with van der Waals surface area (Å²) in [5.74, 6) is -0.239. The van der Waals surface area contributed by atoms with E-state index >= 15 is 0 Å². The van der Waals surface area contributed by atoms with Crippen molar-refractivity contribution in [3.05, 3.63) is 60.4 Å². The quantitative estimate of drug-likeness (QED) is 0.704. The molecule has 0 amide bonds. The van der Waals surface area contributed by atoms with Crippen molar-refractivity contribution in [3.63, 3.8) is 0 Å². The molecule has 0 saturated heterocycles. The van der Waals surface area contributed by atoms with E-state index in [2.05, 4.69) is 0 Å². The predicted molar refractivity (Wildman–Crippen MR) is 64.9 cm³/mol. The minimum absolute atomic E-state index is 0.239. The van der Waals surface area contributed by atoms with Crippen LogP contribution in [0.2, 0.25) is 0 Å². The average molecular weight is 239 g/mol. The lowest BCUT2D eigenvalue weighted by Gasteiger charge is -2.09. The minimum Gasteiger partial charge on any atom is -0.207 e. The van der Waals surface area contributed by atoms with Crippen molar-refractivity contribution in [3.8, 4) is 0 Å². The lowest BCUT2D eigenvalue weighted by atomic mass is 10.3. The van der Waals surface area contributed by atoms with Gasteiger partial charge in [-0.05, 0) is 22.7 Å². The van der Waals surface area contributed by atoms with Crippen LogP contribution in [0.3, 0.4) is 0 Å².